The summed E-state index contributed by atoms with van der Waals surface area (Å²) >= 11 is 5.42. The smallest absolute Gasteiger partial charge is 0.118 e. The van der Waals surface area contributed by atoms with E-state index in [0.717, 1.165) is 25.0 Å². The second-order valence-corrected chi connectivity index (χ2v) is 6.62. The fraction of sp³-hybridized carbons (Fsp3) is 0.375. The van der Waals surface area contributed by atoms with E-state index in [4.69, 9.17) is 4.74 Å². The van der Waals surface area contributed by atoms with Crippen LogP contribution in [0.3, 0.4) is 0 Å². The van der Waals surface area contributed by atoms with E-state index in [1.165, 1.54) is 14.9 Å². The van der Waals surface area contributed by atoms with E-state index < -0.39 is 0 Å². The highest BCUT2D eigenvalue weighted by Gasteiger charge is 2.11. The molecule has 1 unspecified atom stereocenters. The molecule has 0 radical (unpaired) electrons. The molecular weight excluding hydrogens is 334 g/mol. The molecule has 2 aromatic rings. The topological polar surface area (TPSA) is 21.3 Å². The summed E-state index contributed by atoms with van der Waals surface area (Å²) in [7, 11) is 3.74. The molecular formula is C16H20BrNOS. The lowest BCUT2D eigenvalue weighted by molar-refractivity contribution is 0.414. The van der Waals surface area contributed by atoms with Crippen LogP contribution < -0.4 is 10.1 Å². The van der Waals surface area contributed by atoms with E-state index in [9.17, 15) is 0 Å². The van der Waals surface area contributed by atoms with Gasteiger partial charge in [-0.1, -0.05) is 12.1 Å². The predicted molar refractivity (Wildman–Crippen MR) is 89.9 cm³/mol. The van der Waals surface area contributed by atoms with Gasteiger partial charge in [0, 0.05) is 15.4 Å². The van der Waals surface area contributed by atoms with E-state index in [0.29, 0.717) is 6.04 Å². The minimum atomic E-state index is 0.507. The zero-order valence-electron chi connectivity index (χ0n) is 11.9. The average Bonchev–Trinajstić information content (AvgIpc) is 2.89. The van der Waals surface area contributed by atoms with Crippen molar-refractivity contribution in [2.75, 3.05) is 14.2 Å². The molecule has 20 heavy (non-hydrogen) atoms. The molecule has 0 amide bonds. The average molecular weight is 354 g/mol. The number of likely N-dealkylation sites (N-methyl/N-ethyl adjacent to an activating group) is 1. The standard InChI is InChI=1S/C16H20BrNOS/c1-18-13(11-16-15(17)9-10-20-16)6-3-12-4-7-14(19-2)8-5-12/h4-5,7-10,13,18H,3,6,11H2,1-2H3. The Morgan fingerprint density at radius 1 is 1.25 bits per heavy atom. The first-order chi connectivity index (χ1) is 9.72. The van der Waals surface area contributed by atoms with Crippen LogP contribution in [0, 0.1) is 0 Å². The molecule has 0 aliphatic carbocycles. The minimum absolute atomic E-state index is 0.507. The van der Waals surface area contributed by atoms with Crippen LogP contribution in [-0.2, 0) is 12.8 Å². The lowest BCUT2D eigenvalue weighted by Gasteiger charge is -2.15. The lowest BCUT2D eigenvalue weighted by Crippen LogP contribution is -2.27. The SMILES string of the molecule is CNC(CCc1ccc(OC)cc1)Cc1sccc1Br. The molecule has 108 valence electrons. The Hall–Kier alpha value is -0.840. The third-order valence-electron chi connectivity index (χ3n) is 3.47. The number of hydrogen-bond acceptors (Lipinski definition) is 3. The molecule has 0 aliphatic heterocycles. The molecule has 2 nitrogen and oxygen atoms in total. The van der Waals surface area contributed by atoms with Crippen molar-refractivity contribution in [2.24, 2.45) is 0 Å². The zero-order chi connectivity index (χ0) is 14.4. The molecule has 1 N–H and O–H groups in total. The molecule has 0 spiro atoms. The molecule has 0 bridgehead atoms. The number of methoxy groups -OCH3 is 1. The molecule has 0 fully saturated rings. The van der Waals surface area contributed by atoms with Gasteiger partial charge in [-0.25, -0.2) is 0 Å². The maximum Gasteiger partial charge on any atom is 0.118 e. The number of thiophene rings is 1. The van der Waals surface area contributed by atoms with Crippen LogP contribution in [0.25, 0.3) is 0 Å². The molecule has 2 rings (SSSR count). The van der Waals surface area contributed by atoms with Crippen molar-refractivity contribution in [3.05, 3.63) is 50.6 Å². The van der Waals surface area contributed by atoms with Crippen molar-refractivity contribution in [3.63, 3.8) is 0 Å². The van der Waals surface area contributed by atoms with Gasteiger partial charge in [0.2, 0.25) is 0 Å². The highest BCUT2D eigenvalue weighted by Crippen LogP contribution is 2.25. The van der Waals surface area contributed by atoms with Gasteiger partial charge in [0.05, 0.1) is 7.11 Å². The van der Waals surface area contributed by atoms with Crippen LogP contribution in [-0.4, -0.2) is 20.2 Å². The molecule has 0 saturated heterocycles. The van der Waals surface area contributed by atoms with Crippen molar-refractivity contribution < 1.29 is 4.74 Å². The van der Waals surface area contributed by atoms with Gasteiger partial charge >= 0.3 is 0 Å². The Morgan fingerprint density at radius 2 is 2.00 bits per heavy atom. The molecule has 0 saturated carbocycles. The molecule has 1 atom stereocenters. The second kappa shape index (κ2) is 7.81. The van der Waals surface area contributed by atoms with Gasteiger partial charge in [0.15, 0.2) is 0 Å². The highest BCUT2D eigenvalue weighted by molar-refractivity contribution is 9.10. The van der Waals surface area contributed by atoms with Crippen LogP contribution in [0.15, 0.2) is 40.2 Å². The van der Waals surface area contributed by atoms with Gasteiger partial charge in [-0.2, -0.15) is 0 Å². The van der Waals surface area contributed by atoms with Gasteiger partial charge in [-0.15, -0.1) is 11.3 Å². The summed E-state index contributed by atoms with van der Waals surface area (Å²) in [4.78, 5) is 1.42. The molecule has 4 heteroatoms. The van der Waals surface area contributed by atoms with Crippen LogP contribution >= 0.6 is 27.3 Å². The Kier molecular flexibility index (Phi) is 6.07. The van der Waals surface area contributed by atoms with Gasteiger partial charge in [0.25, 0.3) is 0 Å². The number of nitrogens with one attached hydrogen (secondary N) is 1. The predicted octanol–water partition coefficient (Wildman–Crippen LogP) is 4.28. The molecule has 1 aromatic heterocycles. The quantitative estimate of drug-likeness (QED) is 0.801. The first-order valence-electron chi connectivity index (χ1n) is 6.75. The van der Waals surface area contributed by atoms with Crippen LogP contribution in [0.1, 0.15) is 16.9 Å². The fourth-order valence-corrected chi connectivity index (χ4v) is 3.77. The summed E-state index contributed by atoms with van der Waals surface area (Å²) in [6.07, 6.45) is 3.29. The highest BCUT2D eigenvalue weighted by atomic mass is 79.9. The largest absolute Gasteiger partial charge is 0.497 e. The molecule has 1 aromatic carbocycles. The summed E-state index contributed by atoms with van der Waals surface area (Å²) in [5.41, 5.74) is 1.36. The van der Waals surface area contributed by atoms with E-state index in [1.54, 1.807) is 7.11 Å². The number of halogens is 1. The Bertz CT molecular complexity index is 524. The zero-order valence-corrected chi connectivity index (χ0v) is 14.3. The maximum absolute atomic E-state index is 5.18. The van der Waals surface area contributed by atoms with Crippen molar-refractivity contribution >= 4 is 27.3 Å². The summed E-state index contributed by atoms with van der Waals surface area (Å²) in [5, 5.41) is 5.56. The summed E-state index contributed by atoms with van der Waals surface area (Å²) in [6.45, 7) is 0. The number of hydrogen-bond donors (Lipinski definition) is 1. The monoisotopic (exact) mass is 353 g/mol. The number of benzene rings is 1. The van der Waals surface area contributed by atoms with Gasteiger partial charge < -0.3 is 10.1 Å². The maximum atomic E-state index is 5.18. The van der Waals surface area contributed by atoms with Gasteiger partial charge in [-0.05, 0) is 71.4 Å². The van der Waals surface area contributed by atoms with E-state index in [2.05, 4.69) is 44.8 Å². The van der Waals surface area contributed by atoms with Crippen molar-refractivity contribution in [1.29, 1.82) is 0 Å². The second-order valence-electron chi connectivity index (χ2n) is 4.77. The van der Waals surface area contributed by atoms with Crippen LogP contribution in [0.5, 0.6) is 5.75 Å². The number of rotatable bonds is 7. The van der Waals surface area contributed by atoms with Gasteiger partial charge in [0.1, 0.15) is 5.75 Å². The van der Waals surface area contributed by atoms with E-state index >= 15 is 0 Å². The third kappa shape index (κ3) is 4.33. The van der Waals surface area contributed by atoms with E-state index in [1.807, 2.05) is 30.5 Å². The fourth-order valence-electron chi connectivity index (χ4n) is 2.18. The first kappa shape index (κ1) is 15.5. The third-order valence-corrected chi connectivity index (χ3v) is 5.42. The van der Waals surface area contributed by atoms with Crippen molar-refractivity contribution in [2.45, 2.75) is 25.3 Å². The number of ether oxygens (including phenoxy) is 1. The summed E-state index contributed by atoms with van der Waals surface area (Å²) < 4.78 is 6.41. The van der Waals surface area contributed by atoms with Crippen molar-refractivity contribution in [1.82, 2.24) is 5.32 Å². The Labute approximate surface area is 133 Å². The van der Waals surface area contributed by atoms with Crippen LogP contribution in [0.4, 0.5) is 0 Å². The number of aryl methyl sites for hydroxylation is 1. The van der Waals surface area contributed by atoms with E-state index in [-0.39, 0.29) is 0 Å². The Balaban J connectivity index is 1.88. The minimum Gasteiger partial charge on any atom is -0.497 e. The molecule has 1 heterocycles. The Morgan fingerprint density at radius 3 is 2.55 bits per heavy atom. The first-order valence-corrected chi connectivity index (χ1v) is 8.42. The normalized spacial score (nSPS) is 12.3. The summed E-state index contributed by atoms with van der Waals surface area (Å²) in [5.74, 6) is 0.918. The van der Waals surface area contributed by atoms with Crippen molar-refractivity contribution in [3.8, 4) is 5.75 Å². The summed E-state index contributed by atoms with van der Waals surface area (Å²) in [6, 6.07) is 11.0. The van der Waals surface area contributed by atoms with Gasteiger partial charge in [-0.3, -0.25) is 0 Å². The lowest BCUT2D eigenvalue weighted by atomic mass is 10.0. The van der Waals surface area contributed by atoms with Crippen LogP contribution in [0.2, 0.25) is 0 Å². The molecule has 0 aliphatic rings.